The third-order valence-electron chi connectivity index (χ3n) is 4.29. The second-order valence-corrected chi connectivity index (χ2v) is 5.85. The van der Waals surface area contributed by atoms with Gasteiger partial charge in [0.2, 0.25) is 0 Å². The molecule has 1 N–H and O–H groups in total. The van der Waals surface area contributed by atoms with Gasteiger partial charge in [0.25, 0.3) is 0 Å². The van der Waals surface area contributed by atoms with Gasteiger partial charge in [0, 0.05) is 24.3 Å². The molecule has 2 aliphatic rings. The molecule has 2 fully saturated rings. The van der Waals surface area contributed by atoms with Crippen molar-refractivity contribution in [3.05, 3.63) is 28.8 Å². The monoisotopic (exact) mass is 275 g/mol. The summed E-state index contributed by atoms with van der Waals surface area (Å²) in [5.74, 6) is 0. The SMILES string of the molecule is N#Cc1cc(NC2CCN3CCCCC23)ccc1Cl. The zero-order chi connectivity index (χ0) is 13.2. The van der Waals surface area contributed by atoms with E-state index in [1.165, 1.54) is 38.8 Å². The molecule has 2 aliphatic heterocycles. The van der Waals surface area contributed by atoms with Crippen LogP contribution in [0.25, 0.3) is 0 Å². The summed E-state index contributed by atoms with van der Waals surface area (Å²) in [4.78, 5) is 2.60. The highest BCUT2D eigenvalue weighted by Crippen LogP contribution is 2.30. The van der Waals surface area contributed by atoms with Crippen LogP contribution in [0.2, 0.25) is 5.02 Å². The molecule has 3 rings (SSSR count). The number of piperidine rings is 1. The van der Waals surface area contributed by atoms with Gasteiger partial charge in [0.15, 0.2) is 0 Å². The summed E-state index contributed by atoms with van der Waals surface area (Å²) in [5.41, 5.74) is 1.56. The first kappa shape index (κ1) is 12.8. The summed E-state index contributed by atoms with van der Waals surface area (Å²) >= 11 is 5.97. The predicted octanol–water partition coefficient (Wildman–Crippen LogP) is 3.25. The minimum Gasteiger partial charge on any atom is -0.381 e. The molecule has 0 aliphatic carbocycles. The van der Waals surface area contributed by atoms with Gasteiger partial charge in [-0.05, 0) is 44.0 Å². The quantitative estimate of drug-likeness (QED) is 0.900. The average Bonchev–Trinajstić information content (AvgIpc) is 2.84. The third kappa shape index (κ3) is 2.56. The molecule has 0 spiro atoms. The number of fused-ring (bicyclic) bond motifs is 1. The first-order valence-corrected chi connectivity index (χ1v) is 7.36. The summed E-state index contributed by atoms with van der Waals surface area (Å²) < 4.78 is 0. The molecule has 0 amide bonds. The van der Waals surface area contributed by atoms with Gasteiger partial charge in [0.1, 0.15) is 6.07 Å². The number of halogens is 1. The largest absolute Gasteiger partial charge is 0.381 e. The number of anilines is 1. The fourth-order valence-electron chi connectivity index (χ4n) is 3.33. The molecule has 2 atom stereocenters. The number of hydrogen-bond donors (Lipinski definition) is 1. The zero-order valence-corrected chi connectivity index (χ0v) is 11.7. The van der Waals surface area contributed by atoms with E-state index in [2.05, 4.69) is 16.3 Å². The Hall–Kier alpha value is -1.24. The molecule has 0 aromatic heterocycles. The van der Waals surface area contributed by atoms with Crippen LogP contribution in [0.3, 0.4) is 0 Å². The van der Waals surface area contributed by atoms with E-state index < -0.39 is 0 Å². The van der Waals surface area contributed by atoms with Crippen molar-refractivity contribution >= 4 is 17.3 Å². The highest BCUT2D eigenvalue weighted by Gasteiger charge is 2.35. The van der Waals surface area contributed by atoms with E-state index in [-0.39, 0.29) is 0 Å². The Bertz CT molecular complexity index is 509. The average molecular weight is 276 g/mol. The van der Waals surface area contributed by atoms with Gasteiger partial charge in [-0.15, -0.1) is 0 Å². The lowest BCUT2D eigenvalue weighted by molar-refractivity contribution is 0.193. The van der Waals surface area contributed by atoms with Crippen molar-refractivity contribution in [2.75, 3.05) is 18.4 Å². The molecule has 2 unspecified atom stereocenters. The maximum absolute atomic E-state index is 9.02. The van der Waals surface area contributed by atoms with E-state index in [0.717, 1.165) is 5.69 Å². The lowest BCUT2D eigenvalue weighted by Gasteiger charge is -2.33. The number of rotatable bonds is 2. The molecular formula is C15H18ClN3. The summed E-state index contributed by atoms with van der Waals surface area (Å²) in [6.07, 6.45) is 5.15. The molecule has 100 valence electrons. The molecule has 3 nitrogen and oxygen atoms in total. The predicted molar refractivity (Wildman–Crippen MR) is 77.4 cm³/mol. The highest BCUT2D eigenvalue weighted by molar-refractivity contribution is 6.31. The summed E-state index contributed by atoms with van der Waals surface area (Å²) in [6, 6.07) is 8.93. The van der Waals surface area contributed by atoms with Crippen molar-refractivity contribution in [2.45, 2.75) is 37.8 Å². The molecule has 1 aromatic carbocycles. The van der Waals surface area contributed by atoms with Crippen LogP contribution in [0.4, 0.5) is 5.69 Å². The van der Waals surface area contributed by atoms with E-state index in [1.54, 1.807) is 6.07 Å². The second-order valence-electron chi connectivity index (χ2n) is 5.45. The molecule has 1 aromatic rings. The molecule has 0 bridgehead atoms. The highest BCUT2D eigenvalue weighted by atomic mass is 35.5. The summed E-state index contributed by atoms with van der Waals surface area (Å²) in [7, 11) is 0. The van der Waals surface area contributed by atoms with Gasteiger partial charge >= 0.3 is 0 Å². The first-order chi connectivity index (χ1) is 9.28. The van der Waals surface area contributed by atoms with E-state index in [1.807, 2.05) is 12.1 Å². The van der Waals surface area contributed by atoms with Gasteiger partial charge < -0.3 is 5.32 Å². The first-order valence-electron chi connectivity index (χ1n) is 6.98. The smallest absolute Gasteiger partial charge is 0.101 e. The standard InChI is InChI=1S/C15H18ClN3/c16-13-5-4-12(9-11(13)10-17)18-14-6-8-19-7-2-1-3-15(14)19/h4-5,9,14-15,18H,1-3,6-8H2. The number of nitrogens with zero attached hydrogens (tertiary/aromatic N) is 2. The van der Waals surface area contributed by atoms with Crippen molar-refractivity contribution < 1.29 is 0 Å². The molecule has 4 heteroatoms. The maximum Gasteiger partial charge on any atom is 0.101 e. The Balaban J connectivity index is 1.73. The third-order valence-corrected chi connectivity index (χ3v) is 4.62. The number of benzene rings is 1. The summed E-state index contributed by atoms with van der Waals surface area (Å²) in [6.45, 7) is 2.44. The molecule has 2 saturated heterocycles. The van der Waals surface area contributed by atoms with E-state index in [4.69, 9.17) is 16.9 Å². The van der Waals surface area contributed by atoms with Crippen LogP contribution < -0.4 is 5.32 Å². The van der Waals surface area contributed by atoms with Gasteiger partial charge in [-0.3, -0.25) is 4.90 Å². The Morgan fingerprint density at radius 2 is 2.16 bits per heavy atom. The van der Waals surface area contributed by atoms with Crippen LogP contribution in [-0.4, -0.2) is 30.1 Å². The van der Waals surface area contributed by atoms with Crippen LogP contribution in [0.15, 0.2) is 18.2 Å². The number of hydrogen-bond acceptors (Lipinski definition) is 3. The van der Waals surface area contributed by atoms with Crippen molar-refractivity contribution in [1.82, 2.24) is 4.90 Å². The molecule has 0 radical (unpaired) electrons. The molecule has 2 heterocycles. The lowest BCUT2D eigenvalue weighted by Crippen LogP contribution is -2.41. The van der Waals surface area contributed by atoms with Crippen molar-refractivity contribution in [3.8, 4) is 6.07 Å². The fraction of sp³-hybridized carbons (Fsp3) is 0.533. The van der Waals surface area contributed by atoms with Crippen molar-refractivity contribution in [3.63, 3.8) is 0 Å². The maximum atomic E-state index is 9.02. The molecular weight excluding hydrogens is 258 g/mol. The fourth-order valence-corrected chi connectivity index (χ4v) is 3.49. The van der Waals surface area contributed by atoms with Crippen LogP contribution in [0.1, 0.15) is 31.2 Å². The second kappa shape index (κ2) is 5.40. The van der Waals surface area contributed by atoms with E-state index >= 15 is 0 Å². The van der Waals surface area contributed by atoms with Crippen LogP contribution >= 0.6 is 11.6 Å². The van der Waals surface area contributed by atoms with Gasteiger partial charge in [-0.25, -0.2) is 0 Å². The topological polar surface area (TPSA) is 39.1 Å². The minimum atomic E-state index is 0.507. The van der Waals surface area contributed by atoms with Crippen LogP contribution in [-0.2, 0) is 0 Å². The van der Waals surface area contributed by atoms with Crippen molar-refractivity contribution in [2.24, 2.45) is 0 Å². The number of nitrogens with one attached hydrogen (secondary N) is 1. The van der Waals surface area contributed by atoms with Crippen LogP contribution in [0.5, 0.6) is 0 Å². The Kier molecular flexibility index (Phi) is 3.63. The van der Waals surface area contributed by atoms with Crippen molar-refractivity contribution in [1.29, 1.82) is 5.26 Å². The Morgan fingerprint density at radius 1 is 1.26 bits per heavy atom. The van der Waals surface area contributed by atoms with Crippen LogP contribution in [0, 0.1) is 11.3 Å². The van der Waals surface area contributed by atoms with Gasteiger partial charge in [-0.2, -0.15) is 5.26 Å². The van der Waals surface area contributed by atoms with E-state index in [0.29, 0.717) is 22.7 Å². The Morgan fingerprint density at radius 3 is 3.00 bits per heavy atom. The van der Waals surface area contributed by atoms with Gasteiger partial charge in [0.05, 0.1) is 10.6 Å². The zero-order valence-electron chi connectivity index (χ0n) is 10.9. The Labute approximate surface area is 119 Å². The molecule has 19 heavy (non-hydrogen) atoms. The summed E-state index contributed by atoms with van der Waals surface area (Å²) in [5, 5.41) is 13.1. The number of nitriles is 1. The van der Waals surface area contributed by atoms with E-state index in [9.17, 15) is 0 Å². The normalized spacial score (nSPS) is 26.7. The lowest BCUT2D eigenvalue weighted by atomic mass is 9.99. The minimum absolute atomic E-state index is 0.507. The molecule has 0 saturated carbocycles. The van der Waals surface area contributed by atoms with Gasteiger partial charge in [-0.1, -0.05) is 18.0 Å².